The number of methoxy groups -OCH3 is 3. The third-order valence-electron chi connectivity index (χ3n) is 3.67. The number of carbonyl (C=O) groups is 1. The average molecular weight is 331 g/mol. The predicted molar refractivity (Wildman–Crippen MR) is 89.5 cm³/mol. The van der Waals surface area contributed by atoms with E-state index in [0.717, 1.165) is 17.5 Å². The van der Waals surface area contributed by atoms with Crippen molar-refractivity contribution in [2.75, 3.05) is 21.3 Å². The standard InChI is InChI=1S/C18H21NO5/c1-22-15-8-7-13(17(9-15)23-2)10-19(12-20)11-14-5-4-6-16(21)18(14)24-3/h4-9,12,21H,10-11H2,1-3H3. The molecule has 0 saturated heterocycles. The topological polar surface area (TPSA) is 68.2 Å². The molecule has 2 aromatic carbocycles. The molecule has 1 N–H and O–H groups in total. The van der Waals surface area contributed by atoms with Gasteiger partial charge in [-0.2, -0.15) is 0 Å². The fourth-order valence-electron chi connectivity index (χ4n) is 2.48. The van der Waals surface area contributed by atoms with Gasteiger partial charge in [0.25, 0.3) is 0 Å². The van der Waals surface area contributed by atoms with Crippen molar-refractivity contribution in [3.05, 3.63) is 47.5 Å². The van der Waals surface area contributed by atoms with Crippen LogP contribution in [0.4, 0.5) is 0 Å². The Kier molecular flexibility index (Phi) is 5.89. The fraction of sp³-hybridized carbons (Fsp3) is 0.278. The zero-order valence-electron chi connectivity index (χ0n) is 14.0. The van der Waals surface area contributed by atoms with E-state index in [1.54, 1.807) is 43.4 Å². The molecule has 0 saturated carbocycles. The van der Waals surface area contributed by atoms with E-state index in [9.17, 15) is 9.90 Å². The van der Waals surface area contributed by atoms with Crippen LogP contribution in [0.2, 0.25) is 0 Å². The molecular weight excluding hydrogens is 310 g/mol. The highest BCUT2D eigenvalue weighted by atomic mass is 16.5. The van der Waals surface area contributed by atoms with Crippen LogP contribution in [0.5, 0.6) is 23.0 Å². The lowest BCUT2D eigenvalue weighted by molar-refractivity contribution is -0.119. The third kappa shape index (κ3) is 3.90. The molecule has 6 heteroatoms. The Labute approximate surface area is 141 Å². The Morgan fingerprint density at radius 1 is 1.00 bits per heavy atom. The molecule has 0 aliphatic carbocycles. The van der Waals surface area contributed by atoms with Gasteiger partial charge < -0.3 is 24.2 Å². The molecule has 2 rings (SSSR count). The van der Waals surface area contributed by atoms with Gasteiger partial charge in [0.1, 0.15) is 11.5 Å². The second-order valence-corrected chi connectivity index (χ2v) is 5.16. The summed E-state index contributed by atoms with van der Waals surface area (Å²) in [6, 6.07) is 10.5. The van der Waals surface area contributed by atoms with Gasteiger partial charge in [-0.05, 0) is 18.2 Å². The largest absolute Gasteiger partial charge is 0.504 e. The molecule has 0 aliphatic heterocycles. The number of rotatable bonds is 8. The first-order valence-electron chi connectivity index (χ1n) is 7.38. The van der Waals surface area contributed by atoms with Crippen LogP contribution in [-0.4, -0.2) is 37.7 Å². The molecule has 0 aromatic heterocycles. The molecule has 0 heterocycles. The summed E-state index contributed by atoms with van der Waals surface area (Å²) in [7, 11) is 4.64. The predicted octanol–water partition coefficient (Wildman–Crippen LogP) is 2.58. The molecule has 128 valence electrons. The molecule has 0 unspecified atom stereocenters. The SMILES string of the molecule is COc1ccc(CN(C=O)Cc2cccc(O)c2OC)c(OC)c1. The van der Waals surface area contributed by atoms with Crippen LogP contribution in [0.25, 0.3) is 0 Å². The van der Waals surface area contributed by atoms with Crippen LogP contribution in [0.3, 0.4) is 0 Å². The van der Waals surface area contributed by atoms with Crippen LogP contribution in [-0.2, 0) is 17.9 Å². The lowest BCUT2D eigenvalue weighted by Gasteiger charge is -2.21. The van der Waals surface area contributed by atoms with Crippen molar-refractivity contribution in [2.24, 2.45) is 0 Å². The Morgan fingerprint density at radius 2 is 1.75 bits per heavy atom. The lowest BCUT2D eigenvalue weighted by Crippen LogP contribution is -2.21. The molecule has 2 aromatic rings. The highest BCUT2D eigenvalue weighted by Gasteiger charge is 2.14. The van der Waals surface area contributed by atoms with Gasteiger partial charge in [-0.25, -0.2) is 0 Å². The van der Waals surface area contributed by atoms with E-state index in [-0.39, 0.29) is 5.75 Å². The number of amides is 1. The van der Waals surface area contributed by atoms with E-state index in [4.69, 9.17) is 14.2 Å². The Morgan fingerprint density at radius 3 is 2.38 bits per heavy atom. The van der Waals surface area contributed by atoms with Crippen molar-refractivity contribution in [2.45, 2.75) is 13.1 Å². The van der Waals surface area contributed by atoms with E-state index in [0.29, 0.717) is 30.3 Å². The van der Waals surface area contributed by atoms with Gasteiger partial charge in [-0.3, -0.25) is 4.79 Å². The van der Waals surface area contributed by atoms with Gasteiger partial charge in [-0.15, -0.1) is 0 Å². The molecule has 0 spiro atoms. The maximum absolute atomic E-state index is 11.5. The van der Waals surface area contributed by atoms with E-state index in [1.807, 2.05) is 12.1 Å². The average Bonchev–Trinajstić information content (AvgIpc) is 2.61. The quantitative estimate of drug-likeness (QED) is 0.753. The number of aromatic hydroxyl groups is 1. The van der Waals surface area contributed by atoms with Crippen molar-refractivity contribution in [3.8, 4) is 23.0 Å². The van der Waals surface area contributed by atoms with E-state index < -0.39 is 0 Å². The zero-order valence-corrected chi connectivity index (χ0v) is 14.0. The molecule has 1 amide bonds. The van der Waals surface area contributed by atoms with Crippen LogP contribution in [0, 0.1) is 0 Å². The van der Waals surface area contributed by atoms with Gasteiger partial charge in [0, 0.05) is 30.3 Å². The number of hydrogen-bond acceptors (Lipinski definition) is 5. The van der Waals surface area contributed by atoms with Gasteiger partial charge in [0.15, 0.2) is 11.5 Å². The summed E-state index contributed by atoms with van der Waals surface area (Å²) in [5.41, 5.74) is 1.57. The fourth-order valence-corrected chi connectivity index (χ4v) is 2.48. The second kappa shape index (κ2) is 8.10. The molecule has 0 radical (unpaired) electrons. The number of phenols is 1. The molecule has 0 atom stereocenters. The summed E-state index contributed by atoms with van der Waals surface area (Å²) in [6.45, 7) is 0.658. The summed E-state index contributed by atoms with van der Waals surface area (Å²) in [5, 5.41) is 9.84. The smallest absolute Gasteiger partial charge is 0.210 e. The van der Waals surface area contributed by atoms with Crippen molar-refractivity contribution < 1.29 is 24.1 Å². The minimum absolute atomic E-state index is 0.0443. The van der Waals surface area contributed by atoms with Crippen molar-refractivity contribution in [1.82, 2.24) is 4.90 Å². The van der Waals surface area contributed by atoms with Gasteiger partial charge in [0.05, 0.1) is 21.3 Å². The monoisotopic (exact) mass is 331 g/mol. The number of carbonyl (C=O) groups excluding carboxylic acids is 1. The summed E-state index contributed by atoms with van der Waals surface area (Å²) in [5.74, 6) is 1.74. The Bertz CT molecular complexity index is 702. The van der Waals surface area contributed by atoms with Gasteiger partial charge in [-0.1, -0.05) is 12.1 Å². The van der Waals surface area contributed by atoms with Gasteiger partial charge >= 0.3 is 0 Å². The summed E-state index contributed by atoms with van der Waals surface area (Å²) >= 11 is 0. The van der Waals surface area contributed by atoms with Crippen molar-refractivity contribution in [3.63, 3.8) is 0 Å². The van der Waals surface area contributed by atoms with Crippen LogP contribution >= 0.6 is 0 Å². The van der Waals surface area contributed by atoms with Crippen LogP contribution in [0.1, 0.15) is 11.1 Å². The molecular formula is C18H21NO5. The number of hydrogen-bond donors (Lipinski definition) is 1. The first-order chi connectivity index (χ1) is 11.6. The summed E-state index contributed by atoms with van der Waals surface area (Å²) < 4.78 is 15.7. The minimum atomic E-state index is 0.0443. The molecule has 6 nitrogen and oxygen atoms in total. The number of phenolic OH excluding ortho intramolecular Hbond substituents is 1. The van der Waals surface area contributed by atoms with E-state index in [1.165, 1.54) is 7.11 Å². The maximum atomic E-state index is 11.5. The maximum Gasteiger partial charge on any atom is 0.210 e. The van der Waals surface area contributed by atoms with E-state index >= 15 is 0 Å². The Balaban J connectivity index is 2.22. The van der Waals surface area contributed by atoms with Crippen molar-refractivity contribution >= 4 is 6.41 Å². The first-order valence-corrected chi connectivity index (χ1v) is 7.38. The first kappa shape index (κ1) is 17.5. The summed E-state index contributed by atoms with van der Waals surface area (Å²) in [4.78, 5) is 13.0. The minimum Gasteiger partial charge on any atom is -0.504 e. The number of para-hydroxylation sites is 1. The number of ether oxygens (including phenoxy) is 3. The van der Waals surface area contributed by atoms with Crippen molar-refractivity contribution in [1.29, 1.82) is 0 Å². The van der Waals surface area contributed by atoms with Crippen LogP contribution in [0.15, 0.2) is 36.4 Å². The summed E-state index contributed by atoms with van der Waals surface area (Å²) in [6.07, 6.45) is 0.757. The van der Waals surface area contributed by atoms with Crippen LogP contribution < -0.4 is 14.2 Å². The lowest BCUT2D eigenvalue weighted by atomic mass is 10.1. The molecule has 0 bridgehead atoms. The number of nitrogens with zero attached hydrogens (tertiary/aromatic N) is 1. The Hall–Kier alpha value is -2.89. The second-order valence-electron chi connectivity index (χ2n) is 5.16. The van der Waals surface area contributed by atoms with Gasteiger partial charge in [0.2, 0.25) is 6.41 Å². The van der Waals surface area contributed by atoms with E-state index in [2.05, 4.69) is 0 Å². The molecule has 0 fully saturated rings. The highest BCUT2D eigenvalue weighted by Crippen LogP contribution is 2.31. The normalized spacial score (nSPS) is 10.1. The third-order valence-corrected chi connectivity index (χ3v) is 3.67. The molecule has 0 aliphatic rings. The zero-order chi connectivity index (χ0) is 17.5. The highest BCUT2D eigenvalue weighted by molar-refractivity contribution is 5.52. The number of benzene rings is 2. The molecule has 24 heavy (non-hydrogen) atoms.